The van der Waals surface area contributed by atoms with E-state index in [-0.39, 0.29) is 6.54 Å². The van der Waals surface area contributed by atoms with Gasteiger partial charge in [-0.25, -0.2) is 4.98 Å². The quantitative estimate of drug-likeness (QED) is 0.720. The molecule has 21 heavy (non-hydrogen) atoms. The van der Waals surface area contributed by atoms with E-state index in [4.69, 9.17) is 11.5 Å². The number of anilines is 1. The number of hydrogen-bond donors (Lipinski definition) is 2. The summed E-state index contributed by atoms with van der Waals surface area (Å²) in [5, 5.41) is 13.6. The number of imidazole rings is 1. The molecule has 0 saturated heterocycles. The van der Waals surface area contributed by atoms with Crippen LogP contribution in [0, 0.1) is 12.3 Å². The van der Waals surface area contributed by atoms with Gasteiger partial charge in [-0.3, -0.25) is 14.2 Å². The van der Waals surface area contributed by atoms with Gasteiger partial charge in [0, 0.05) is 18.0 Å². The molecule has 6 nitrogen and oxygen atoms in total. The van der Waals surface area contributed by atoms with Gasteiger partial charge in [0.1, 0.15) is 18.1 Å². The number of fused-ring (bicyclic) bond motifs is 1. The highest BCUT2D eigenvalue weighted by molar-refractivity contribution is 7.13. The first-order chi connectivity index (χ1) is 10.2. The highest BCUT2D eigenvalue weighted by Crippen LogP contribution is 2.34. The van der Waals surface area contributed by atoms with Gasteiger partial charge in [-0.05, 0) is 11.4 Å². The Balaban J connectivity index is 2.19. The van der Waals surface area contributed by atoms with Crippen molar-refractivity contribution in [3.8, 4) is 22.9 Å². The third kappa shape index (κ3) is 2.32. The van der Waals surface area contributed by atoms with Crippen LogP contribution in [-0.4, -0.2) is 32.0 Å². The van der Waals surface area contributed by atoms with E-state index in [1.165, 1.54) is 11.3 Å². The molecule has 0 atom stereocenters. The fourth-order valence-electron chi connectivity index (χ4n) is 2.00. The van der Waals surface area contributed by atoms with Crippen LogP contribution in [0.25, 0.3) is 16.2 Å². The molecule has 3 heterocycles. The monoisotopic (exact) mass is 298 g/mol. The summed E-state index contributed by atoms with van der Waals surface area (Å²) in [5.41, 5.74) is 1.98. The molecule has 0 aliphatic heterocycles. The number of hydrogen-bond acceptors (Lipinski definition) is 5. The molecular formula is C14H10N4O2S. The zero-order valence-electron chi connectivity index (χ0n) is 10.8. The lowest BCUT2D eigenvalue weighted by Crippen LogP contribution is -2.14. The molecule has 0 bridgehead atoms. The van der Waals surface area contributed by atoms with Gasteiger partial charge in [-0.15, -0.1) is 17.8 Å². The Hall–Kier alpha value is -2.85. The average molecular weight is 298 g/mol. The maximum atomic E-state index is 10.8. The fraction of sp³-hybridized carbons (Fsp3) is 0.0714. The van der Waals surface area contributed by atoms with Gasteiger partial charge in [0.15, 0.2) is 5.65 Å². The summed E-state index contributed by atoms with van der Waals surface area (Å²) in [4.78, 5) is 20.2. The van der Waals surface area contributed by atoms with Gasteiger partial charge in [0.2, 0.25) is 0 Å². The van der Waals surface area contributed by atoms with Gasteiger partial charge in [-0.1, -0.05) is 5.92 Å². The van der Waals surface area contributed by atoms with E-state index in [1.54, 1.807) is 23.0 Å². The van der Waals surface area contributed by atoms with E-state index in [0.717, 1.165) is 10.4 Å². The second-order valence-electron chi connectivity index (χ2n) is 4.17. The predicted octanol–water partition coefficient (Wildman–Crippen LogP) is 1.94. The lowest BCUT2D eigenvalue weighted by molar-refractivity contribution is -0.134. The topological polar surface area (TPSA) is 79.5 Å². The Labute approximate surface area is 124 Å². The minimum atomic E-state index is -0.951. The molecule has 104 valence electrons. The number of aromatic nitrogens is 3. The normalized spacial score (nSPS) is 10.4. The lowest BCUT2D eigenvalue weighted by Gasteiger charge is -2.05. The van der Waals surface area contributed by atoms with Crippen LogP contribution in [-0.2, 0) is 4.79 Å². The Kier molecular flexibility index (Phi) is 3.30. The molecule has 3 rings (SSSR count). The Bertz CT molecular complexity index is 859. The summed E-state index contributed by atoms with van der Waals surface area (Å²) in [6.07, 6.45) is 10.4. The Morgan fingerprint density at radius 1 is 1.57 bits per heavy atom. The van der Waals surface area contributed by atoms with E-state index in [2.05, 4.69) is 21.2 Å². The third-order valence-corrected chi connectivity index (χ3v) is 3.79. The summed E-state index contributed by atoms with van der Waals surface area (Å²) in [7, 11) is 0. The Morgan fingerprint density at radius 3 is 3.19 bits per heavy atom. The maximum Gasteiger partial charge on any atom is 0.322 e. The minimum absolute atomic E-state index is 0.208. The summed E-state index contributed by atoms with van der Waals surface area (Å²) in [5.74, 6) is 2.25. The molecule has 3 aromatic rings. The number of thiophene rings is 1. The molecule has 0 unspecified atom stereocenters. The first-order valence-electron chi connectivity index (χ1n) is 6.03. The smallest absolute Gasteiger partial charge is 0.322 e. The van der Waals surface area contributed by atoms with Crippen LogP contribution in [0.15, 0.2) is 30.0 Å². The number of carboxylic acid groups (broad SMARTS) is 1. The molecule has 0 aliphatic carbocycles. The van der Waals surface area contributed by atoms with Gasteiger partial charge in [-0.2, -0.15) is 0 Å². The summed E-state index contributed by atoms with van der Waals surface area (Å²) < 4.78 is 1.76. The number of rotatable bonds is 4. The van der Waals surface area contributed by atoms with E-state index >= 15 is 0 Å². The summed E-state index contributed by atoms with van der Waals surface area (Å²) in [6, 6.07) is 1.84. The first-order valence-corrected chi connectivity index (χ1v) is 6.91. The van der Waals surface area contributed by atoms with Crippen LogP contribution in [0.2, 0.25) is 0 Å². The SMILES string of the molecule is C#Cc1ccsc1-c1nc2cnccn2c1NCC(=O)O. The molecule has 0 amide bonds. The van der Waals surface area contributed by atoms with Crippen LogP contribution >= 0.6 is 11.3 Å². The van der Waals surface area contributed by atoms with Crippen molar-refractivity contribution in [1.29, 1.82) is 0 Å². The molecule has 3 aromatic heterocycles. The molecule has 0 saturated carbocycles. The third-order valence-electron chi connectivity index (χ3n) is 2.87. The molecule has 0 fully saturated rings. The predicted molar refractivity (Wildman–Crippen MR) is 80.4 cm³/mol. The van der Waals surface area contributed by atoms with Crippen LogP contribution in [0.5, 0.6) is 0 Å². The van der Waals surface area contributed by atoms with Crippen molar-refractivity contribution in [1.82, 2.24) is 14.4 Å². The number of carboxylic acids is 1. The second kappa shape index (κ2) is 5.26. The second-order valence-corrected chi connectivity index (χ2v) is 5.08. The zero-order chi connectivity index (χ0) is 14.8. The minimum Gasteiger partial charge on any atom is -0.480 e. The maximum absolute atomic E-state index is 10.8. The van der Waals surface area contributed by atoms with Gasteiger partial charge >= 0.3 is 5.97 Å². The molecule has 7 heteroatoms. The van der Waals surface area contributed by atoms with Crippen LogP contribution in [0.3, 0.4) is 0 Å². The van der Waals surface area contributed by atoms with E-state index < -0.39 is 5.97 Å². The summed E-state index contributed by atoms with van der Waals surface area (Å²) in [6.45, 7) is -0.208. The number of aliphatic carboxylic acids is 1. The van der Waals surface area contributed by atoms with Crippen molar-refractivity contribution < 1.29 is 9.90 Å². The van der Waals surface area contributed by atoms with Crippen molar-refractivity contribution in [3.63, 3.8) is 0 Å². The standard InChI is InChI=1S/C14H10N4O2S/c1-2-9-3-6-21-13(9)12-14(16-8-11(19)20)18-5-4-15-7-10(18)17-12/h1,3-7,16H,8H2,(H,19,20). The highest BCUT2D eigenvalue weighted by atomic mass is 32.1. The fourth-order valence-corrected chi connectivity index (χ4v) is 2.85. The molecule has 2 N–H and O–H groups in total. The lowest BCUT2D eigenvalue weighted by atomic mass is 10.2. The van der Waals surface area contributed by atoms with Crippen molar-refractivity contribution in [2.45, 2.75) is 0 Å². The number of nitrogens with zero attached hydrogens (tertiary/aromatic N) is 3. The number of terminal acetylenes is 1. The molecule has 0 aromatic carbocycles. The van der Waals surface area contributed by atoms with E-state index in [9.17, 15) is 4.79 Å². The molecule has 0 spiro atoms. The van der Waals surface area contributed by atoms with Crippen LogP contribution in [0.4, 0.5) is 5.82 Å². The Morgan fingerprint density at radius 2 is 2.43 bits per heavy atom. The largest absolute Gasteiger partial charge is 0.480 e. The molecule has 0 aliphatic rings. The van der Waals surface area contributed by atoms with Crippen LogP contribution in [0.1, 0.15) is 5.56 Å². The van der Waals surface area contributed by atoms with E-state index in [1.807, 2.05) is 11.4 Å². The molecule has 0 radical (unpaired) electrons. The van der Waals surface area contributed by atoms with Crippen LogP contribution < -0.4 is 5.32 Å². The molecular weight excluding hydrogens is 288 g/mol. The number of nitrogens with one attached hydrogen (secondary N) is 1. The zero-order valence-corrected chi connectivity index (χ0v) is 11.6. The summed E-state index contributed by atoms with van der Waals surface area (Å²) >= 11 is 1.46. The average Bonchev–Trinajstić information content (AvgIpc) is 3.08. The van der Waals surface area contributed by atoms with E-state index in [0.29, 0.717) is 17.2 Å². The first kappa shape index (κ1) is 13.1. The number of carbonyl (C=O) groups is 1. The van der Waals surface area contributed by atoms with Crippen molar-refractivity contribution in [2.24, 2.45) is 0 Å². The van der Waals surface area contributed by atoms with Gasteiger partial charge < -0.3 is 10.4 Å². The van der Waals surface area contributed by atoms with Crippen molar-refractivity contribution in [2.75, 3.05) is 11.9 Å². The van der Waals surface area contributed by atoms with Crippen molar-refractivity contribution >= 4 is 28.8 Å². The van der Waals surface area contributed by atoms with Gasteiger partial charge in [0.25, 0.3) is 0 Å². The van der Waals surface area contributed by atoms with Crippen molar-refractivity contribution in [3.05, 3.63) is 35.6 Å². The highest BCUT2D eigenvalue weighted by Gasteiger charge is 2.18. The van der Waals surface area contributed by atoms with Gasteiger partial charge in [0.05, 0.1) is 11.1 Å².